The molecule has 0 atom stereocenters. The fourth-order valence-electron chi connectivity index (χ4n) is 2.94. The van der Waals surface area contributed by atoms with Crippen molar-refractivity contribution in [3.8, 4) is 11.5 Å². The fraction of sp³-hybridized carbons (Fsp3) is 0.130. The second-order valence-corrected chi connectivity index (χ2v) is 9.15. The number of ether oxygens (including phenoxy) is 1. The summed E-state index contributed by atoms with van der Waals surface area (Å²) in [5, 5.41) is 11.6. The summed E-state index contributed by atoms with van der Waals surface area (Å²) in [6.07, 6.45) is 0.764. The monoisotopic (exact) mass is 490 g/mol. The minimum absolute atomic E-state index is 0.0521. The number of carbonyl (C=O) groups excluding carboxylic acids is 1. The van der Waals surface area contributed by atoms with Gasteiger partial charge in [-0.3, -0.25) is 9.59 Å². The number of carbonyl (C=O) groups is 2. The molecule has 3 rings (SSSR count). The molecular weight excluding hydrogens is 470 g/mol. The lowest BCUT2D eigenvalue weighted by molar-refractivity contribution is -0.136. The number of carboxylic acids is 1. The molecule has 0 spiro atoms. The van der Waals surface area contributed by atoms with Crippen LogP contribution in [-0.4, -0.2) is 31.7 Å². The van der Waals surface area contributed by atoms with Crippen molar-refractivity contribution >= 4 is 27.6 Å². The van der Waals surface area contributed by atoms with Crippen LogP contribution in [-0.2, 0) is 27.8 Å². The highest BCUT2D eigenvalue weighted by atomic mass is 32.2. The molecule has 0 aliphatic heterocycles. The first-order chi connectivity index (χ1) is 16.0. The highest BCUT2D eigenvalue weighted by Gasteiger charge is 2.13. The lowest BCUT2D eigenvalue weighted by Crippen LogP contribution is -2.21. The number of amides is 1. The van der Waals surface area contributed by atoms with Gasteiger partial charge in [0.25, 0.3) is 5.91 Å². The van der Waals surface area contributed by atoms with E-state index < -0.39 is 33.5 Å². The van der Waals surface area contributed by atoms with Crippen molar-refractivity contribution in [2.24, 2.45) is 0 Å². The van der Waals surface area contributed by atoms with E-state index in [1.54, 1.807) is 18.2 Å². The summed E-state index contributed by atoms with van der Waals surface area (Å²) in [5.41, 5.74) is 1.22. The predicted octanol–water partition coefficient (Wildman–Crippen LogP) is 3.69. The van der Waals surface area contributed by atoms with E-state index in [0.717, 1.165) is 24.5 Å². The first kappa shape index (κ1) is 24.8. The third kappa shape index (κ3) is 7.09. The quantitative estimate of drug-likeness (QED) is 0.421. The van der Waals surface area contributed by atoms with E-state index in [0.29, 0.717) is 28.3 Å². The molecular formula is C23H20F2N2O6S. The van der Waals surface area contributed by atoms with Crippen LogP contribution in [0.5, 0.6) is 11.5 Å². The van der Waals surface area contributed by atoms with Crippen LogP contribution in [0.25, 0.3) is 0 Å². The van der Waals surface area contributed by atoms with E-state index in [2.05, 4.69) is 10.0 Å². The Morgan fingerprint density at radius 1 is 0.971 bits per heavy atom. The van der Waals surface area contributed by atoms with E-state index in [-0.39, 0.29) is 18.5 Å². The number of hydrogen-bond donors (Lipinski definition) is 3. The molecule has 0 saturated heterocycles. The van der Waals surface area contributed by atoms with Crippen LogP contribution in [0.15, 0.2) is 60.7 Å². The Labute approximate surface area is 194 Å². The number of carboxylic acid groups (broad SMARTS) is 1. The smallest absolute Gasteiger partial charge is 0.307 e. The molecule has 11 heteroatoms. The topological polar surface area (TPSA) is 122 Å². The molecule has 3 aromatic rings. The van der Waals surface area contributed by atoms with Crippen LogP contribution in [0.2, 0.25) is 0 Å². The van der Waals surface area contributed by atoms with Crippen molar-refractivity contribution in [2.75, 3.05) is 11.6 Å². The van der Waals surface area contributed by atoms with Crippen molar-refractivity contribution in [1.29, 1.82) is 0 Å². The van der Waals surface area contributed by atoms with Crippen molar-refractivity contribution < 1.29 is 36.6 Å². The van der Waals surface area contributed by atoms with Gasteiger partial charge in [0.05, 0.1) is 12.7 Å². The van der Waals surface area contributed by atoms with Crippen LogP contribution >= 0.6 is 0 Å². The van der Waals surface area contributed by atoms with E-state index in [4.69, 9.17) is 9.84 Å². The Bertz CT molecular complexity index is 1330. The van der Waals surface area contributed by atoms with Crippen LogP contribution in [0.1, 0.15) is 21.5 Å². The third-order valence-corrected chi connectivity index (χ3v) is 5.20. The Kier molecular flexibility index (Phi) is 7.59. The highest BCUT2D eigenvalue weighted by molar-refractivity contribution is 7.88. The van der Waals surface area contributed by atoms with Gasteiger partial charge in [-0.15, -0.1) is 0 Å². The molecule has 1 amide bonds. The SMILES string of the molecule is CS(=O)(=O)NCc1cc(CC(=O)O)ccc1Oc1ccc(NC(=O)c2ccc(F)c(F)c2)cc1. The summed E-state index contributed by atoms with van der Waals surface area (Å²) in [6.45, 7) is -0.107. The molecule has 0 fully saturated rings. The van der Waals surface area contributed by atoms with E-state index in [1.165, 1.54) is 24.3 Å². The van der Waals surface area contributed by atoms with Gasteiger partial charge in [-0.2, -0.15) is 0 Å². The Morgan fingerprint density at radius 3 is 2.29 bits per heavy atom. The maximum absolute atomic E-state index is 13.3. The van der Waals surface area contributed by atoms with Crippen LogP contribution < -0.4 is 14.8 Å². The zero-order chi connectivity index (χ0) is 24.9. The lowest BCUT2D eigenvalue weighted by atomic mass is 10.1. The Morgan fingerprint density at radius 2 is 1.68 bits per heavy atom. The molecule has 3 N–H and O–H groups in total. The summed E-state index contributed by atoms with van der Waals surface area (Å²) in [7, 11) is -3.50. The van der Waals surface area contributed by atoms with Crippen LogP contribution in [0.3, 0.4) is 0 Å². The first-order valence-corrected chi connectivity index (χ1v) is 11.7. The number of nitrogens with one attached hydrogen (secondary N) is 2. The number of sulfonamides is 1. The number of rotatable bonds is 9. The summed E-state index contributed by atoms with van der Waals surface area (Å²) < 4.78 is 57.5. The molecule has 34 heavy (non-hydrogen) atoms. The van der Waals surface area contributed by atoms with Crippen molar-refractivity contribution in [3.05, 3.63) is 89.0 Å². The second kappa shape index (κ2) is 10.4. The number of benzene rings is 3. The Balaban J connectivity index is 1.74. The van der Waals surface area contributed by atoms with Gasteiger partial charge >= 0.3 is 5.97 Å². The van der Waals surface area contributed by atoms with Gasteiger partial charge in [-0.25, -0.2) is 21.9 Å². The van der Waals surface area contributed by atoms with E-state index >= 15 is 0 Å². The first-order valence-electron chi connectivity index (χ1n) is 9.83. The molecule has 0 aliphatic rings. The fourth-order valence-corrected chi connectivity index (χ4v) is 3.36. The zero-order valence-electron chi connectivity index (χ0n) is 17.8. The van der Waals surface area contributed by atoms with Gasteiger partial charge in [0.1, 0.15) is 11.5 Å². The third-order valence-electron chi connectivity index (χ3n) is 4.53. The Hall–Kier alpha value is -3.83. The number of aliphatic carboxylic acids is 1. The van der Waals surface area contributed by atoms with Gasteiger partial charge in [0.2, 0.25) is 10.0 Å². The van der Waals surface area contributed by atoms with Crippen LogP contribution in [0, 0.1) is 11.6 Å². The molecule has 0 unspecified atom stereocenters. The van der Waals surface area contributed by atoms with Gasteiger partial charge in [-0.1, -0.05) is 12.1 Å². The minimum Gasteiger partial charge on any atom is -0.481 e. The summed E-state index contributed by atoms with van der Waals surface area (Å²) in [5.74, 6) is -3.18. The molecule has 0 radical (unpaired) electrons. The van der Waals surface area contributed by atoms with E-state index in [9.17, 15) is 26.8 Å². The molecule has 178 valence electrons. The van der Waals surface area contributed by atoms with Crippen molar-refractivity contribution in [3.63, 3.8) is 0 Å². The molecule has 0 aliphatic carbocycles. The zero-order valence-corrected chi connectivity index (χ0v) is 18.7. The molecule has 0 saturated carbocycles. The van der Waals surface area contributed by atoms with Gasteiger partial charge in [0, 0.05) is 23.4 Å². The summed E-state index contributed by atoms with van der Waals surface area (Å²) >= 11 is 0. The van der Waals surface area contributed by atoms with Gasteiger partial charge in [0.15, 0.2) is 11.6 Å². The van der Waals surface area contributed by atoms with Crippen molar-refractivity contribution in [2.45, 2.75) is 13.0 Å². The largest absolute Gasteiger partial charge is 0.481 e. The maximum atomic E-state index is 13.3. The van der Waals surface area contributed by atoms with Crippen molar-refractivity contribution in [1.82, 2.24) is 4.72 Å². The molecule has 8 nitrogen and oxygen atoms in total. The molecule has 3 aromatic carbocycles. The number of hydrogen-bond acceptors (Lipinski definition) is 5. The van der Waals surface area contributed by atoms with E-state index in [1.807, 2.05) is 0 Å². The highest BCUT2D eigenvalue weighted by Crippen LogP contribution is 2.28. The second-order valence-electron chi connectivity index (χ2n) is 7.32. The average molecular weight is 490 g/mol. The van der Waals surface area contributed by atoms with Crippen LogP contribution in [0.4, 0.5) is 14.5 Å². The predicted molar refractivity (Wildman–Crippen MR) is 120 cm³/mol. The van der Waals surface area contributed by atoms with Gasteiger partial charge < -0.3 is 15.2 Å². The average Bonchev–Trinajstić information content (AvgIpc) is 2.76. The standard InChI is InChI=1S/C23H20F2N2O6S/c1-34(31,32)26-13-16-10-14(11-22(28)29)2-9-21(16)33-18-6-4-17(5-7-18)27-23(30)15-3-8-19(24)20(25)12-15/h2-10,12,26H,11,13H2,1H3,(H,27,30)(H,28,29). The maximum Gasteiger partial charge on any atom is 0.307 e. The number of halogens is 2. The molecule has 0 aromatic heterocycles. The normalized spacial score (nSPS) is 11.1. The summed E-state index contributed by atoms with van der Waals surface area (Å²) in [4.78, 5) is 23.2. The molecule has 0 heterocycles. The molecule has 0 bridgehead atoms. The minimum atomic E-state index is -3.50. The van der Waals surface area contributed by atoms with Gasteiger partial charge in [-0.05, 0) is 54.1 Å². The summed E-state index contributed by atoms with van der Waals surface area (Å²) in [6, 6.07) is 13.6. The number of anilines is 1. The lowest BCUT2D eigenvalue weighted by Gasteiger charge is -2.14.